The zero-order valence-corrected chi connectivity index (χ0v) is 17.3. The summed E-state index contributed by atoms with van der Waals surface area (Å²) < 4.78 is 32.0. The van der Waals surface area contributed by atoms with Gasteiger partial charge in [-0.05, 0) is 37.1 Å². The summed E-state index contributed by atoms with van der Waals surface area (Å²) in [5.74, 6) is 6.99. The van der Waals surface area contributed by atoms with Gasteiger partial charge in [0.05, 0.1) is 18.0 Å². The first kappa shape index (κ1) is 21.1. The summed E-state index contributed by atoms with van der Waals surface area (Å²) in [4.78, 5) is 12.4. The number of amides is 1. The van der Waals surface area contributed by atoms with Crippen LogP contribution < -0.4 is 15.9 Å². The molecule has 4 rings (SSSR count). The summed E-state index contributed by atoms with van der Waals surface area (Å²) in [6.07, 6.45) is 6.15. The van der Waals surface area contributed by atoms with Crippen molar-refractivity contribution in [1.82, 2.24) is 24.7 Å². The fraction of sp³-hybridized carbons (Fsp3) is 0.368. The van der Waals surface area contributed by atoms with E-state index in [9.17, 15) is 13.6 Å². The molecular formula is C19H21F2N7O2S. The maximum absolute atomic E-state index is 12.4. The Hall–Kier alpha value is -3.15. The Bertz CT molecular complexity index is 1030. The number of nitrogen functional groups attached to an aromatic ring is 1. The van der Waals surface area contributed by atoms with Gasteiger partial charge in [0.15, 0.2) is 5.82 Å². The Morgan fingerprint density at radius 2 is 1.97 bits per heavy atom. The lowest BCUT2D eigenvalue weighted by atomic mass is 10.2. The van der Waals surface area contributed by atoms with Crippen molar-refractivity contribution in [3.8, 4) is 17.1 Å². The van der Waals surface area contributed by atoms with Gasteiger partial charge in [-0.3, -0.25) is 4.79 Å². The Morgan fingerprint density at radius 3 is 2.68 bits per heavy atom. The fourth-order valence-corrected chi connectivity index (χ4v) is 4.18. The monoisotopic (exact) mass is 449 g/mol. The van der Waals surface area contributed by atoms with Gasteiger partial charge in [-0.15, -0.1) is 10.2 Å². The standard InChI is InChI=1S/C19H21F2N7O2S/c20-18(21)30-14-7-5-12(6-8-14)17-25-26-19(27(17)22)31-11-16(29)24-15-9-10-23-28(15)13-3-1-2-4-13/h5-10,13,18H,1-4,11,22H2,(H,24,29). The molecule has 3 N–H and O–H groups in total. The number of nitrogens with zero attached hydrogens (tertiary/aromatic N) is 5. The molecule has 1 aliphatic carbocycles. The molecule has 0 saturated heterocycles. The number of aromatic nitrogens is 5. The molecule has 1 amide bonds. The minimum atomic E-state index is -2.89. The molecule has 12 heteroatoms. The zero-order valence-electron chi connectivity index (χ0n) is 16.4. The van der Waals surface area contributed by atoms with Crippen LogP contribution in [0.5, 0.6) is 5.75 Å². The number of alkyl halides is 2. The van der Waals surface area contributed by atoms with Gasteiger partial charge in [-0.25, -0.2) is 9.36 Å². The molecule has 0 unspecified atom stereocenters. The topological polar surface area (TPSA) is 113 Å². The average molecular weight is 449 g/mol. The Kier molecular flexibility index (Phi) is 6.35. The van der Waals surface area contributed by atoms with Crippen LogP contribution in [0, 0.1) is 0 Å². The predicted octanol–water partition coefficient (Wildman–Crippen LogP) is 3.30. The number of nitrogens with two attached hydrogens (primary N) is 1. The van der Waals surface area contributed by atoms with Crippen LogP contribution >= 0.6 is 11.8 Å². The molecule has 1 fully saturated rings. The minimum absolute atomic E-state index is 0.0324. The van der Waals surface area contributed by atoms with E-state index in [-0.39, 0.29) is 17.4 Å². The number of nitrogens with one attached hydrogen (secondary N) is 1. The van der Waals surface area contributed by atoms with Gasteiger partial charge in [0.2, 0.25) is 11.1 Å². The Labute approximate surface area is 180 Å². The van der Waals surface area contributed by atoms with E-state index in [2.05, 4.69) is 25.3 Å². The minimum Gasteiger partial charge on any atom is -0.435 e. The third-order valence-electron chi connectivity index (χ3n) is 4.94. The first-order valence-electron chi connectivity index (χ1n) is 9.73. The van der Waals surface area contributed by atoms with E-state index in [0.717, 1.165) is 24.6 Å². The van der Waals surface area contributed by atoms with Crippen LogP contribution in [0.15, 0.2) is 41.7 Å². The van der Waals surface area contributed by atoms with Gasteiger partial charge in [0.1, 0.15) is 11.6 Å². The lowest BCUT2D eigenvalue weighted by Gasteiger charge is -2.14. The lowest BCUT2D eigenvalue weighted by Crippen LogP contribution is -2.20. The number of benzene rings is 1. The number of thioether (sulfide) groups is 1. The van der Waals surface area contributed by atoms with Crippen molar-refractivity contribution >= 4 is 23.5 Å². The van der Waals surface area contributed by atoms with E-state index in [0.29, 0.717) is 28.4 Å². The summed E-state index contributed by atoms with van der Waals surface area (Å²) in [7, 11) is 0. The quantitative estimate of drug-likeness (QED) is 0.401. The van der Waals surface area contributed by atoms with Crippen LogP contribution in [0.2, 0.25) is 0 Å². The van der Waals surface area contributed by atoms with Gasteiger partial charge >= 0.3 is 6.61 Å². The van der Waals surface area contributed by atoms with Crippen molar-refractivity contribution in [2.24, 2.45) is 0 Å². The molecule has 0 bridgehead atoms. The van der Waals surface area contributed by atoms with Crippen LogP contribution in [0.1, 0.15) is 31.7 Å². The maximum atomic E-state index is 12.4. The van der Waals surface area contributed by atoms with E-state index in [4.69, 9.17) is 5.84 Å². The van der Waals surface area contributed by atoms with E-state index >= 15 is 0 Å². The summed E-state index contributed by atoms with van der Waals surface area (Å²) in [6, 6.07) is 8.00. The number of hydrogen-bond acceptors (Lipinski definition) is 7. The largest absolute Gasteiger partial charge is 0.435 e. The van der Waals surface area contributed by atoms with Crippen molar-refractivity contribution in [3.63, 3.8) is 0 Å². The Morgan fingerprint density at radius 1 is 1.23 bits per heavy atom. The third-order valence-corrected chi connectivity index (χ3v) is 5.89. The highest BCUT2D eigenvalue weighted by Crippen LogP contribution is 2.31. The highest BCUT2D eigenvalue weighted by Gasteiger charge is 2.21. The summed E-state index contributed by atoms with van der Waals surface area (Å²) in [5, 5.41) is 15.6. The molecule has 3 aromatic rings. The van der Waals surface area contributed by atoms with Crippen molar-refractivity contribution in [3.05, 3.63) is 36.5 Å². The number of carbonyl (C=O) groups excluding carboxylic acids is 1. The summed E-state index contributed by atoms with van der Waals surface area (Å²) in [5.41, 5.74) is 0.577. The number of halogens is 2. The molecule has 1 aromatic carbocycles. The first-order valence-corrected chi connectivity index (χ1v) is 10.7. The number of anilines is 1. The van der Waals surface area contributed by atoms with Crippen molar-refractivity contribution < 1.29 is 18.3 Å². The van der Waals surface area contributed by atoms with E-state index in [1.54, 1.807) is 24.4 Å². The fourth-order valence-electron chi connectivity index (χ4n) is 3.52. The van der Waals surface area contributed by atoms with E-state index in [1.165, 1.54) is 29.7 Å². The van der Waals surface area contributed by atoms with Gasteiger partial charge in [0.25, 0.3) is 0 Å². The molecule has 31 heavy (non-hydrogen) atoms. The molecule has 2 aromatic heterocycles. The van der Waals surface area contributed by atoms with Gasteiger partial charge in [-0.1, -0.05) is 24.6 Å². The van der Waals surface area contributed by atoms with Crippen LogP contribution in [0.3, 0.4) is 0 Å². The van der Waals surface area contributed by atoms with Crippen LogP contribution in [-0.2, 0) is 4.79 Å². The Balaban J connectivity index is 1.36. The molecule has 0 aliphatic heterocycles. The van der Waals surface area contributed by atoms with Crippen molar-refractivity contribution in [1.29, 1.82) is 0 Å². The van der Waals surface area contributed by atoms with Crippen LogP contribution in [0.4, 0.5) is 14.6 Å². The summed E-state index contributed by atoms with van der Waals surface area (Å²) in [6.45, 7) is -2.89. The predicted molar refractivity (Wildman–Crippen MR) is 111 cm³/mol. The van der Waals surface area contributed by atoms with E-state index in [1.807, 2.05) is 4.68 Å². The third kappa shape index (κ3) is 4.95. The molecule has 1 saturated carbocycles. The zero-order chi connectivity index (χ0) is 21.8. The van der Waals surface area contributed by atoms with Crippen LogP contribution in [0.25, 0.3) is 11.4 Å². The second kappa shape index (κ2) is 9.33. The maximum Gasteiger partial charge on any atom is 0.387 e. The molecule has 9 nitrogen and oxygen atoms in total. The molecule has 164 valence electrons. The smallest absolute Gasteiger partial charge is 0.387 e. The molecule has 0 spiro atoms. The number of carbonyl (C=O) groups is 1. The molecule has 1 aliphatic rings. The van der Waals surface area contributed by atoms with Crippen molar-refractivity contribution in [2.75, 3.05) is 16.9 Å². The highest BCUT2D eigenvalue weighted by atomic mass is 32.2. The average Bonchev–Trinajstić information content (AvgIpc) is 3.48. The molecular weight excluding hydrogens is 428 g/mol. The highest BCUT2D eigenvalue weighted by molar-refractivity contribution is 7.99. The van der Waals surface area contributed by atoms with Crippen LogP contribution in [-0.4, -0.2) is 42.9 Å². The van der Waals surface area contributed by atoms with Gasteiger partial charge in [-0.2, -0.15) is 13.9 Å². The molecule has 0 radical (unpaired) electrons. The first-order chi connectivity index (χ1) is 15.0. The number of hydrogen-bond donors (Lipinski definition) is 2. The van der Waals surface area contributed by atoms with Crippen molar-refractivity contribution in [2.45, 2.75) is 43.5 Å². The number of ether oxygens (including phenoxy) is 1. The number of rotatable bonds is 8. The normalized spacial score (nSPS) is 14.3. The second-order valence-corrected chi connectivity index (χ2v) is 7.96. The van der Waals surface area contributed by atoms with Gasteiger partial charge in [0, 0.05) is 11.6 Å². The SMILES string of the molecule is Nn1c(SCC(=O)Nc2ccnn2C2CCCC2)nnc1-c1ccc(OC(F)F)cc1. The van der Waals surface area contributed by atoms with Gasteiger partial charge < -0.3 is 15.9 Å². The molecule has 2 heterocycles. The lowest BCUT2D eigenvalue weighted by molar-refractivity contribution is -0.113. The second-order valence-electron chi connectivity index (χ2n) is 7.02. The molecule has 0 atom stereocenters. The summed E-state index contributed by atoms with van der Waals surface area (Å²) >= 11 is 1.14. The van der Waals surface area contributed by atoms with E-state index < -0.39 is 6.61 Å².